The van der Waals surface area contributed by atoms with Crippen LogP contribution in [0.2, 0.25) is 0 Å². The Morgan fingerprint density at radius 1 is 1.16 bits per heavy atom. The molecule has 1 aromatic rings. The van der Waals surface area contributed by atoms with Crippen LogP contribution in [0.3, 0.4) is 0 Å². The van der Waals surface area contributed by atoms with Gasteiger partial charge in [-0.05, 0) is 68.2 Å². The lowest BCUT2D eigenvalue weighted by Crippen LogP contribution is -2.27. The van der Waals surface area contributed by atoms with Gasteiger partial charge in [0.15, 0.2) is 0 Å². The summed E-state index contributed by atoms with van der Waals surface area (Å²) in [6.07, 6.45) is 6.58. The maximum absolute atomic E-state index is 3.44. The molecule has 1 unspecified atom stereocenters. The van der Waals surface area contributed by atoms with E-state index in [-0.39, 0.29) is 12.4 Å². The monoisotopic (exact) mass is 281 g/mol. The molecule has 0 aromatic heterocycles. The van der Waals surface area contributed by atoms with Crippen molar-refractivity contribution >= 4 is 12.4 Å². The maximum atomic E-state index is 3.44. The molecule has 19 heavy (non-hydrogen) atoms. The fourth-order valence-electron chi connectivity index (χ4n) is 2.79. The summed E-state index contributed by atoms with van der Waals surface area (Å²) >= 11 is 0. The topological polar surface area (TPSA) is 12.0 Å². The van der Waals surface area contributed by atoms with E-state index in [1.165, 1.54) is 56.3 Å². The summed E-state index contributed by atoms with van der Waals surface area (Å²) in [7, 11) is 0. The molecule has 1 heterocycles. The van der Waals surface area contributed by atoms with E-state index < -0.39 is 0 Å². The quantitative estimate of drug-likeness (QED) is 0.835. The average Bonchev–Trinajstić information content (AvgIpc) is 2.46. The molecule has 108 valence electrons. The van der Waals surface area contributed by atoms with E-state index in [4.69, 9.17) is 0 Å². The minimum atomic E-state index is 0. The summed E-state index contributed by atoms with van der Waals surface area (Å²) in [6.45, 7) is 7.01. The van der Waals surface area contributed by atoms with Crippen molar-refractivity contribution in [3.63, 3.8) is 0 Å². The molecule has 0 spiro atoms. The van der Waals surface area contributed by atoms with Crippen LogP contribution < -0.4 is 5.32 Å². The standard InChI is InChI=1S/C17H27N.ClH/c1-3-14(2)17-8-6-15(7-9-17)4-5-16-10-12-18-13-11-16;/h6-9,14,16,18H,3-5,10-13H2,1-2H3;1H. The summed E-state index contributed by atoms with van der Waals surface area (Å²) in [4.78, 5) is 0. The predicted molar refractivity (Wildman–Crippen MR) is 86.3 cm³/mol. The summed E-state index contributed by atoms with van der Waals surface area (Å²) in [5.41, 5.74) is 3.00. The van der Waals surface area contributed by atoms with Crippen LogP contribution in [0.25, 0.3) is 0 Å². The lowest BCUT2D eigenvalue weighted by Gasteiger charge is -2.22. The molecule has 1 aliphatic rings. The number of hydrogen-bond acceptors (Lipinski definition) is 1. The van der Waals surface area contributed by atoms with Crippen LogP contribution in [-0.2, 0) is 6.42 Å². The van der Waals surface area contributed by atoms with E-state index in [0.29, 0.717) is 5.92 Å². The van der Waals surface area contributed by atoms with Crippen LogP contribution in [-0.4, -0.2) is 13.1 Å². The van der Waals surface area contributed by atoms with Crippen LogP contribution in [0.5, 0.6) is 0 Å². The molecule has 0 bridgehead atoms. The van der Waals surface area contributed by atoms with E-state index >= 15 is 0 Å². The van der Waals surface area contributed by atoms with Crippen LogP contribution in [0.1, 0.15) is 56.6 Å². The van der Waals surface area contributed by atoms with Gasteiger partial charge in [0.05, 0.1) is 0 Å². The SMILES string of the molecule is CCC(C)c1ccc(CCC2CCNCC2)cc1.Cl. The normalized spacial score (nSPS) is 17.8. The second-order valence-electron chi connectivity index (χ2n) is 5.78. The van der Waals surface area contributed by atoms with Gasteiger partial charge in [0.25, 0.3) is 0 Å². The molecule has 1 nitrogen and oxygen atoms in total. The summed E-state index contributed by atoms with van der Waals surface area (Å²) in [5.74, 6) is 1.64. The molecule has 2 rings (SSSR count). The zero-order chi connectivity index (χ0) is 12.8. The van der Waals surface area contributed by atoms with Gasteiger partial charge in [-0.15, -0.1) is 12.4 Å². The average molecular weight is 282 g/mol. The third-order valence-corrected chi connectivity index (χ3v) is 4.46. The van der Waals surface area contributed by atoms with Gasteiger partial charge in [-0.25, -0.2) is 0 Å². The first kappa shape index (κ1) is 16.5. The second kappa shape index (κ2) is 8.60. The minimum absolute atomic E-state index is 0. The van der Waals surface area contributed by atoms with Crippen LogP contribution in [0.4, 0.5) is 0 Å². The van der Waals surface area contributed by atoms with E-state index in [1.54, 1.807) is 0 Å². The molecule has 1 saturated heterocycles. The predicted octanol–water partition coefficient (Wildman–Crippen LogP) is 4.55. The second-order valence-corrected chi connectivity index (χ2v) is 5.78. The Hall–Kier alpha value is -0.530. The number of benzene rings is 1. The smallest absolute Gasteiger partial charge is 0.00463 e. The number of piperidine rings is 1. The molecule has 1 fully saturated rings. The third-order valence-electron chi connectivity index (χ3n) is 4.46. The van der Waals surface area contributed by atoms with Crippen molar-refractivity contribution in [2.45, 2.75) is 51.9 Å². The van der Waals surface area contributed by atoms with Crippen molar-refractivity contribution in [2.75, 3.05) is 13.1 Å². The first-order valence-electron chi connectivity index (χ1n) is 7.59. The summed E-state index contributed by atoms with van der Waals surface area (Å²) in [6, 6.07) is 9.32. The fourth-order valence-corrected chi connectivity index (χ4v) is 2.79. The zero-order valence-corrected chi connectivity index (χ0v) is 13.1. The minimum Gasteiger partial charge on any atom is -0.317 e. The van der Waals surface area contributed by atoms with E-state index in [0.717, 1.165) is 5.92 Å². The lowest BCUT2D eigenvalue weighted by atomic mass is 9.90. The molecule has 1 N–H and O–H groups in total. The van der Waals surface area contributed by atoms with Crippen molar-refractivity contribution in [3.05, 3.63) is 35.4 Å². The van der Waals surface area contributed by atoms with E-state index in [1.807, 2.05) is 0 Å². The van der Waals surface area contributed by atoms with E-state index in [9.17, 15) is 0 Å². The highest BCUT2D eigenvalue weighted by atomic mass is 35.5. The molecule has 0 amide bonds. The van der Waals surface area contributed by atoms with Gasteiger partial charge in [0.1, 0.15) is 0 Å². The van der Waals surface area contributed by atoms with Crippen molar-refractivity contribution in [1.82, 2.24) is 5.32 Å². The van der Waals surface area contributed by atoms with Gasteiger partial charge < -0.3 is 5.32 Å². The third kappa shape index (κ3) is 5.16. The highest BCUT2D eigenvalue weighted by Crippen LogP contribution is 2.21. The zero-order valence-electron chi connectivity index (χ0n) is 12.3. The van der Waals surface area contributed by atoms with Crippen molar-refractivity contribution in [1.29, 1.82) is 0 Å². The van der Waals surface area contributed by atoms with Crippen LogP contribution in [0.15, 0.2) is 24.3 Å². The van der Waals surface area contributed by atoms with Gasteiger partial charge in [0.2, 0.25) is 0 Å². The van der Waals surface area contributed by atoms with Crippen molar-refractivity contribution in [2.24, 2.45) is 5.92 Å². The maximum Gasteiger partial charge on any atom is -0.00463 e. The largest absolute Gasteiger partial charge is 0.317 e. The Morgan fingerprint density at radius 2 is 1.79 bits per heavy atom. The van der Waals surface area contributed by atoms with Gasteiger partial charge in [-0.2, -0.15) is 0 Å². The van der Waals surface area contributed by atoms with E-state index in [2.05, 4.69) is 43.4 Å². The Labute approximate surface area is 124 Å². The highest BCUT2D eigenvalue weighted by Gasteiger charge is 2.12. The number of nitrogens with one attached hydrogen (secondary N) is 1. The Balaban J connectivity index is 0.00000180. The van der Waals surface area contributed by atoms with Gasteiger partial charge in [-0.3, -0.25) is 0 Å². The number of rotatable bonds is 5. The molecule has 1 atom stereocenters. The van der Waals surface area contributed by atoms with Crippen molar-refractivity contribution < 1.29 is 0 Å². The Morgan fingerprint density at radius 3 is 2.37 bits per heavy atom. The van der Waals surface area contributed by atoms with Crippen molar-refractivity contribution in [3.8, 4) is 0 Å². The molecule has 0 saturated carbocycles. The number of halogens is 1. The fraction of sp³-hybridized carbons (Fsp3) is 0.647. The van der Waals surface area contributed by atoms with Crippen LogP contribution >= 0.6 is 12.4 Å². The first-order valence-corrected chi connectivity index (χ1v) is 7.59. The molecule has 1 aliphatic heterocycles. The van der Waals surface area contributed by atoms with Gasteiger partial charge in [0, 0.05) is 0 Å². The summed E-state index contributed by atoms with van der Waals surface area (Å²) in [5, 5.41) is 3.44. The number of hydrogen-bond donors (Lipinski definition) is 1. The first-order chi connectivity index (χ1) is 8.79. The lowest BCUT2D eigenvalue weighted by molar-refractivity contribution is 0.354. The van der Waals surface area contributed by atoms with Gasteiger partial charge >= 0.3 is 0 Å². The Kier molecular flexibility index (Phi) is 7.48. The molecule has 0 radical (unpaired) electrons. The summed E-state index contributed by atoms with van der Waals surface area (Å²) < 4.78 is 0. The molecule has 0 aliphatic carbocycles. The molecular formula is C17H28ClN. The number of aryl methyl sites for hydroxylation is 1. The Bertz CT molecular complexity index is 341. The van der Waals surface area contributed by atoms with Crippen LogP contribution in [0, 0.1) is 5.92 Å². The molecular weight excluding hydrogens is 254 g/mol. The van der Waals surface area contributed by atoms with Gasteiger partial charge in [-0.1, -0.05) is 38.1 Å². The molecule has 2 heteroatoms. The highest BCUT2D eigenvalue weighted by molar-refractivity contribution is 5.85. The molecule has 1 aromatic carbocycles.